The van der Waals surface area contributed by atoms with Crippen LogP contribution in [0.25, 0.3) is 28.2 Å². The molecule has 0 fully saturated rings. The topological polar surface area (TPSA) is 84.8 Å². The summed E-state index contributed by atoms with van der Waals surface area (Å²) in [5.41, 5.74) is 4.05. The largest absolute Gasteiger partial charge is 0.383 e. The molecule has 7 nitrogen and oxygen atoms in total. The van der Waals surface area contributed by atoms with Crippen LogP contribution in [0.4, 0.5) is 10.2 Å². The highest BCUT2D eigenvalue weighted by molar-refractivity contribution is 5.87. The van der Waals surface area contributed by atoms with Gasteiger partial charge in [0.15, 0.2) is 5.82 Å². The highest BCUT2D eigenvalue weighted by atomic mass is 19.1. The molecule has 158 valence electrons. The monoisotopic (exact) mass is 419 g/mol. The molecule has 0 amide bonds. The summed E-state index contributed by atoms with van der Waals surface area (Å²) >= 11 is 0. The average Bonchev–Trinajstić information content (AvgIpc) is 3.19. The summed E-state index contributed by atoms with van der Waals surface area (Å²) in [5.74, 6) is 0.244. The Morgan fingerprint density at radius 2 is 1.87 bits per heavy atom. The highest BCUT2D eigenvalue weighted by Gasteiger charge is 2.19. The van der Waals surface area contributed by atoms with Crippen molar-refractivity contribution in [2.45, 2.75) is 6.92 Å². The van der Waals surface area contributed by atoms with Crippen LogP contribution >= 0.6 is 0 Å². The van der Waals surface area contributed by atoms with Gasteiger partial charge in [0.2, 0.25) is 0 Å². The number of nitrogens with zero attached hydrogens (tertiary/aromatic N) is 3. The molecule has 0 atom stereocenters. The summed E-state index contributed by atoms with van der Waals surface area (Å²) in [4.78, 5) is 12.6. The van der Waals surface area contributed by atoms with Crippen LogP contribution in [-0.4, -0.2) is 40.2 Å². The fraction of sp³-hybridized carbons (Fsp3) is 0.174. The number of H-pyrrole nitrogens is 1. The van der Waals surface area contributed by atoms with Crippen LogP contribution in [0.1, 0.15) is 5.56 Å². The maximum absolute atomic E-state index is 13.5. The predicted molar refractivity (Wildman–Crippen MR) is 118 cm³/mol. The molecular formula is C23H22FN5O2. The first kappa shape index (κ1) is 20.5. The molecule has 0 aliphatic rings. The number of para-hydroxylation sites is 1. The van der Waals surface area contributed by atoms with E-state index in [0.29, 0.717) is 41.6 Å². The molecule has 0 aliphatic carbocycles. The minimum absolute atomic E-state index is 0.237. The summed E-state index contributed by atoms with van der Waals surface area (Å²) in [6.07, 6.45) is 0. The second kappa shape index (κ2) is 8.93. The molecule has 0 radical (unpaired) electrons. The van der Waals surface area contributed by atoms with Crippen molar-refractivity contribution in [1.29, 1.82) is 0 Å². The number of methoxy groups -OCH3 is 1. The number of nitrogens with one attached hydrogen (secondary N) is 2. The number of hydrogen-bond acceptors (Lipinski definition) is 5. The van der Waals surface area contributed by atoms with Crippen molar-refractivity contribution in [3.05, 3.63) is 82.4 Å². The van der Waals surface area contributed by atoms with Gasteiger partial charge in [0.05, 0.1) is 29.2 Å². The van der Waals surface area contributed by atoms with E-state index in [1.807, 2.05) is 31.2 Å². The standard InChI is InChI=1S/C23H22FN5O2/c1-15-5-3-4-6-19(15)29-20(30)12-11-18(28-29)21-22(16-7-9-17(24)10-8-16)26-27-23(21)25-13-14-31-2/h3-12H,13-14H2,1-2H3,(H2,25,26,27). The number of aryl methyl sites for hydroxylation is 1. The minimum atomic E-state index is -0.325. The zero-order valence-electron chi connectivity index (χ0n) is 17.2. The van der Waals surface area contributed by atoms with Crippen LogP contribution in [0.15, 0.2) is 65.5 Å². The van der Waals surface area contributed by atoms with Crippen LogP contribution < -0.4 is 10.9 Å². The Morgan fingerprint density at radius 3 is 2.61 bits per heavy atom. The zero-order valence-corrected chi connectivity index (χ0v) is 17.2. The second-order valence-corrected chi connectivity index (χ2v) is 7.00. The Hall–Kier alpha value is -3.78. The van der Waals surface area contributed by atoms with Crippen LogP contribution in [0.3, 0.4) is 0 Å². The molecule has 0 saturated carbocycles. The lowest BCUT2D eigenvalue weighted by molar-refractivity contribution is 0.210. The lowest BCUT2D eigenvalue weighted by atomic mass is 10.0. The van der Waals surface area contributed by atoms with E-state index in [1.54, 1.807) is 25.3 Å². The van der Waals surface area contributed by atoms with Crippen LogP contribution in [0, 0.1) is 12.7 Å². The number of benzene rings is 2. The van der Waals surface area contributed by atoms with Gasteiger partial charge in [-0.1, -0.05) is 18.2 Å². The number of anilines is 1. The van der Waals surface area contributed by atoms with Crippen molar-refractivity contribution in [2.24, 2.45) is 0 Å². The van der Waals surface area contributed by atoms with E-state index >= 15 is 0 Å². The Morgan fingerprint density at radius 1 is 1.10 bits per heavy atom. The molecule has 31 heavy (non-hydrogen) atoms. The molecule has 2 aromatic heterocycles. The normalized spacial score (nSPS) is 10.9. The maximum atomic E-state index is 13.5. The van der Waals surface area contributed by atoms with Crippen LogP contribution in [0.2, 0.25) is 0 Å². The van der Waals surface area contributed by atoms with Gasteiger partial charge in [0.25, 0.3) is 5.56 Å². The number of halogens is 1. The van der Waals surface area contributed by atoms with Gasteiger partial charge in [-0.25, -0.2) is 4.39 Å². The van der Waals surface area contributed by atoms with E-state index in [2.05, 4.69) is 20.6 Å². The van der Waals surface area contributed by atoms with Gasteiger partial charge in [-0.15, -0.1) is 0 Å². The van der Waals surface area contributed by atoms with E-state index < -0.39 is 0 Å². The summed E-state index contributed by atoms with van der Waals surface area (Å²) in [7, 11) is 1.62. The van der Waals surface area contributed by atoms with Crippen molar-refractivity contribution >= 4 is 5.82 Å². The molecule has 4 aromatic rings. The molecule has 0 unspecified atom stereocenters. The summed E-state index contributed by atoms with van der Waals surface area (Å²) in [5, 5.41) is 15.3. The predicted octanol–water partition coefficient (Wildman–Crippen LogP) is 3.80. The molecule has 0 bridgehead atoms. The Bertz CT molecular complexity index is 1250. The summed E-state index contributed by atoms with van der Waals surface area (Å²) < 4.78 is 20.0. The van der Waals surface area contributed by atoms with Gasteiger partial charge in [-0.05, 0) is 48.9 Å². The second-order valence-electron chi connectivity index (χ2n) is 7.00. The quantitative estimate of drug-likeness (QED) is 0.445. The van der Waals surface area contributed by atoms with Gasteiger partial charge < -0.3 is 10.1 Å². The molecule has 0 saturated heterocycles. The maximum Gasteiger partial charge on any atom is 0.271 e. The van der Waals surface area contributed by atoms with Gasteiger partial charge >= 0.3 is 0 Å². The van der Waals surface area contributed by atoms with Crippen molar-refractivity contribution in [2.75, 3.05) is 25.6 Å². The first-order valence-corrected chi connectivity index (χ1v) is 9.82. The van der Waals surface area contributed by atoms with Crippen molar-refractivity contribution in [3.8, 4) is 28.2 Å². The molecule has 2 aromatic carbocycles. The molecular weight excluding hydrogens is 397 g/mol. The molecule has 8 heteroatoms. The Labute approximate surface area is 178 Å². The Kier molecular flexibility index (Phi) is 5.90. The molecule has 4 rings (SSSR count). The van der Waals surface area contributed by atoms with E-state index in [0.717, 1.165) is 11.1 Å². The highest BCUT2D eigenvalue weighted by Crippen LogP contribution is 2.35. The third kappa shape index (κ3) is 4.24. The van der Waals surface area contributed by atoms with Gasteiger partial charge in [0.1, 0.15) is 5.82 Å². The van der Waals surface area contributed by atoms with E-state index in [4.69, 9.17) is 4.74 Å². The molecule has 2 N–H and O–H groups in total. The van der Waals surface area contributed by atoms with Crippen molar-refractivity contribution in [3.63, 3.8) is 0 Å². The fourth-order valence-electron chi connectivity index (χ4n) is 3.33. The number of aromatic nitrogens is 4. The first-order chi connectivity index (χ1) is 15.1. The SMILES string of the molecule is COCCNc1n[nH]c(-c2ccc(F)cc2)c1-c1ccc(=O)n(-c2ccccc2C)n1. The van der Waals surface area contributed by atoms with Crippen molar-refractivity contribution in [1.82, 2.24) is 20.0 Å². The third-order valence-electron chi connectivity index (χ3n) is 4.90. The van der Waals surface area contributed by atoms with Gasteiger partial charge in [-0.2, -0.15) is 14.9 Å². The smallest absolute Gasteiger partial charge is 0.271 e. The van der Waals surface area contributed by atoms with E-state index in [-0.39, 0.29) is 11.4 Å². The number of aromatic amines is 1. The number of ether oxygens (including phenoxy) is 1. The van der Waals surface area contributed by atoms with E-state index in [9.17, 15) is 9.18 Å². The lowest BCUT2D eigenvalue weighted by Crippen LogP contribution is -2.21. The minimum Gasteiger partial charge on any atom is -0.383 e. The number of rotatable bonds is 7. The van der Waals surface area contributed by atoms with Gasteiger partial charge in [0, 0.05) is 25.3 Å². The van der Waals surface area contributed by atoms with Crippen molar-refractivity contribution < 1.29 is 9.13 Å². The fourth-order valence-corrected chi connectivity index (χ4v) is 3.33. The zero-order chi connectivity index (χ0) is 21.8. The van der Waals surface area contributed by atoms with E-state index in [1.165, 1.54) is 22.9 Å². The lowest BCUT2D eigenvalue weighted by Gasteiger charge is -2.11. The summed E-state index contributed by atoms with van der Waals surface area (Å²) in [6.45, 7) is 2.96. The van der Waals surface area contributed by atoms with Crippen LogP contribution in [-0.2, 0) is 4.74 Å². The Balaban J connectivity index is 1.87. The summed E-state index contributed by atoms with van der Waals surface area (Å²) in [6, 6.07) is 16.8. The average molecular weight is 419 g/mol. The molecule has 0 aliphatic heterocycles. The number of hydrogen-bond donors (Lipinski definition) is 2. The molecule has 2 heterocycles. The third-order valence-corrected chi connectivity index (χ3v) is 4.90. The van der Waals surface area contributed by atoms with Gasteiger partial charge in [-0.3, -0.25) is 9.89 Å². The first-order valence-electron chi connectivity index (χ1n) is 9.82. The van der Waals surface area contributed by atoms with Crippen LogP contribution in [0.5, 0.6) is 0 Å². The molecule has 0 spiro atoms.